The summed E-state index contributed by atoms with van der Waals surface area (Å²) in [5.41, 5.74) is 8.39. The minimum absolute atomic E-state index is 0.106. The number of rotatable bonds is 3. The lowest BCUT2D eigenvalue weighted by Crippen LogP contribution is -2.10. The highest BCUT2D eigenvalue weighted by atomic mass is 32.2. The van der Waals surface area contributed by atoms with Crippen molar-refractivity contribution in [2.75, 3.05) is 0 Å². The Morgan fingerprint density at radius 1 is 1.41 bits per heavy atom. The van der Waals surface area contributed by atoms with Crippen LogP contribution in [0.2, 0.25) is 0 Å². The van der Waals surface area contributed by atoms with E-state index < -0.39 is 0 Å². The minimum atomic E-state index is 0.106. The summed E-state index contributed by atoms with van der Waals surface area (Å²) in [5, 5.41) is 9.43. The number of nitrogens with zero attached hydrogens (tertiary/aromatic N) is 1. The number of aromatic nitrogens is 1. The predicted molar refractivity (Wildman–Crippen MR) is 73.2 cm³/mol. The van der Waals surface area contributed by atoms with Gasteiger partial charge in [0.15, 0.2) is 4.34 Å². The molecule has 1 aromatic carbocycles. The van der Waals surface area contributed by atoms with E-state index in [0.29, 0.717) is 0 Å². The minimum Gasteiger partial charge on any atom is -0.384 e. The topological polar surface area (TPSA) is 62.8 Å². The van der Waals surface area contributed by atoms with Crippen LogP contribution in [0.15, 0.2) is 32.8 Å². The average molecular weight is 263 g/mol. The highest BCUT2D eigenvalue weighted by Gasteiger charge is 2.06. The van der Waals surface area contributed by atoms with Gasteiger partial charge in [-0.15, -0.1) is 11.3 Å². The first kappa shape index (κ1) is 12.1. The fraction of sp³-hybridized carbons (Fsp3) is 0.167. The number of benzene rings is 1. The van der Waals surface area contributed by atoms with Crippen LogP contribution in [-0.2, 0) is 0 Å². The van der Waals surface area contributed by atoms with Crippen molar-refractivity contribution in [2.24, 2.45) is 5.73 Å². The van der Waals surface area contributed by atoms with Crippen molar-refractivity contribution in [1.29, 1.82) is 5.41 Å². The van der Waals surface area contributed by atoms with Crippen molar-refractivity contribution in [1.82, 2.24) is 4.98 Å². The van der Waals surface area contributed by atoms with E-state index in [4.69, 9.17) is 11.1 Å². The first-order valence-electron chi connectivity index (χ1n) is 5.11. The van der Waals surface area contributed by atoms with Crippen molar-refractivity contribution in [3.05, 3.63) is 40.4 Å². The van der Waals surface area contributed by atoms with E-state index in [9.17, 15) is 0 Å². The number of nitrogens with one attached hydrogen (secondary N) is 1. The molecule has 3 N–H and O–H groups in total. The molecule has 0 saturated heterocycles. The van der Waals surface area contributed by atoms with E-state index in [1.807, 2.05) is 37.4 Å². The largest absolute Gasteiger partial charge is 0.384 e. The molecule has 0 atom stereocenters. The molecule has 2 aromatic rings. The molecule has 88 valence electrons. The first-order chi connectivity index (χ1) is 8.06. The molecule has 0 spiro atoms. The molecule has 0 fully saturated rings. The van der Waals surface area contributed by atoms with Crippen molar-refractivity contribution in [2.45, 2.75) is 23.1 Å². The van der Waals surface area contributed by atoms with E-state index in [0.717, 1.165) is 26.1 Å². The second-order valence-electron chi connectivity index (χ2n) is 3.75. The number of nitrogen functional groups attached to an aromatic ring is 1. The van der Waals surface area contributed by atoms with Crippen LogP contribution < -0.4 is 5.73 Å². The monoisotopic (exact) mass is 263 g/mol. The number of aryl methyl sites for hydroxylation is 2. The van der Waals surface area contributed by atoms with Gasteiger partial charge < -0.3 is 5.73 Å². The maximum Gasteiger partial charge on any atom is 0.154 e. The Labute approximate surface area is 109 Å². The quantitative estimate of drug-likeness (QED) is 0.660. The molecule has 0 radical (unpaired) electrons. The lowest BCUT2D eigenvalue weighted by molar-refractivity contribution is 1.15. The van der Waals surface area contributed by atoms with E-state index >= 15 is 0 Å². The first-order valence-corrected chi connectivity index (χ1v) is 6.81. The molecule has 17 heavy (non-hydrogen) atoms. The standard InChI is InChI=1S/C12H13N3S2/c1-7-5-9(11(13)14)3-4-10(7)17-12-15-8(2)6-16-12/h3-6H,1-2H3,(H3,13,14). The van der Waals surface area contributed by atoms with Gasteiger partial charge in [-0.1, -0.05) is 17.8 Å². The third-order valence-electron chi connectivity index (χ3n) is 2.28. The van der Waals surface area contributed by atoms with Gasteiger partial charge in [0.1, 0.15) is 5.84 Å². The lowest BCUT2D eigenvalue weighted by Gasteiger charge is -2.05. The summed E-state index contributed by atoms with van der Waals surface area (Å²) >= 11 is 3.30. The van der Waals surface area contributed by atoms with Crippen LogP contribution >= 0.6 is 23.1 Å². The zero-order valence-electron chi connectivity index (χ0n) is 9.65. The Morgan fingerprint density at radius 3 is 2.71 bits per heavy atom. The fourth-order valence-electron chi connectivity index (χ4n) is 1.40. The van der Waals surface area contributed by atoms with Crippen molar-refractivity contribution in [3.8, 4) is 0 Å². The van der Waals surface area contributed by atoms with E-state index in [-0.39, 0.29) is 5.84 Å². The molecule has 0 unspecified atom stereocenters. The summed E-state index contributed by atoms with van der Waals surface area (Å²) in [6.07, 6.45) is 0. The van der Waals surface area contributed by atoms with Gasteiger partial charge in [0.05, 0.1) is 0 Å². The van der Waals surface area contributed by atoms with E-state index in [1.165, 1.54) is 0 Å². The highest BCUT2D eigenvalue weighted by molar-refractivity contribution is 8.01. The Bertz CT molecular complexity index is 561. The Kier molecular flexibility index (Phi) is 3.49. The molecule has 1 aromatic heterocycles. The number of hydrogen-bond donors (Lipinski definition) is 2. The summed E-state index contributed by atoms with van der Waals surface area (Å²) in [5.74, 6) is 0.106. The Balaban J connectivity index is 2.25. The Hall–Kier alpha value is -1.33. The Morgan fingerprint density at radius 2 is 2.18 bits per heavy atom. The van der Waals surface area contributed by atoms with Crippen LogP contribution in [0.3, 0.4) is 0 Å². The molecule has 2 rings (SSSR count). The molecule has 0 saturated carbocycles. The van der Waals surface area contributed by atoms with Crippen LogP contribution in [0.25, 0.3) is 0 Å². The van der Waals surface area contributed by atoms with Gasteiger partial charge in [-0.3, -0.25) is 5.41 Å². The van der Waals surface area contributed by atoms with Crippen molar-refractivity contribution >= 4 is 28.9 Å². The van der Waals surface area contributed by atoms with E-state index in [2.05, 4.69) is 4.98 Å². The molecule has 0 aliphatic carbocycles. The second-order valence-corrected chi connectivity index (χ2v) is 5.90. The van der Waals surface area contributed by atoms with Gasteiger partial charge in [-0.2, -0.15) is 0 Å². The number of nitrogens with two attached hydrogens (primary N) is 1. The molecule has 0 aliphatic rings. The fourth-order valence-corrected chi connectivity index (χ4v) is 3.27. The molecular weight excluding hydrogens is 250 g/mol. The van der Waals surface area contributed by atoms with Gasteiger partial charge in [-0.05, 0) is 31.5 Å². The molecule has 5 heteroatoms. The molecule has 0 amide bonds. The smallest absolute Gasteiger partial charge is 0.154 e. The average Bonchev–Trinajstić information content (AvgIpc) is 2.67. The number of hydrogen-bond acceptors (Lipinski definition) is 4. The summed E-state index contributed by atoms with van der Waals surface area (Å²) < 4.78 is 1.04. The third kappa shape index (κ3) is 2.87. The number of amidine groups is 1. The summed E-state index contributed by atoms with van der Waals surface area (Å²) in [6, 6.07) is 5.80. The van der Waals surface area contributed by atoms with E-state index in [1.54, 1.807) is 23.1 Å². The second kappa shape index (κ2) is 4.89. The normalized spacial score (nSPS) is 10.5. The third-order valence-corrected chi connectivity index (χ3v) is 4.52. The zero-order valence-corrected chi connectivity index (χ0v) is 11.3. The van der Waals surface area contributed by atoms with Crippen molar-refractivity contribution in [3.63, 3.8) is 0 Å². The van der Waals surface area contributed by atoms with Crippen molar-refractivity contribution < 1.29 is 0 Å². The van der Waals surface area contributed by atoms with Gasteiger partial charge in [0.25, 0.3) is 0 Å². The zero-order chi connectivity index (χ0) is 12.4. The molecular formula is C12H13N3S2. The molecule has 1 heterocycles. The predicted octanol–water partition coefficient (Wildman–Crippen LogP) is 3.20. The number of thiazole rings is 1. The van der Waals surface area contributed by atoms with Gasteiger partial charge >= 0.3 is 0 Å². The van der Waals surface area contributed by atoms with Crippen LogP contribution in [0.5, 0.6) is 0 Å². The maximum absolute atomic E-state index is 7.39. The van der Waals surface area contributed by atoms with Gasteiger partial charge in [-0.25, -0.2) is 4.98 Å². The lowest BCUT2D eigenvalue weighted by atomic mass is 10.1. The van der Waals surface area contributed by atoms with Crippen LogP contribution in [0.4, 0.5) is 0 Å². The van der Waals surface area contributed by atoms with Gasteiger partial charge in [0, 0.05) is 21.5 Å². The summed E-state index contributed by atoms with van der Waals surface area (Å²) in [7, 11) is 0. The van der Waals surface area contributed by atoms with Crippen LogP contribution in [0.1, 0.15) is 16.8 Å². The summed E-state index contributed by atoms with van der Waals surface area (Å²) in [4.78, 5) is 5.58. The molecule has 0 bridgehead atoms. The summed E-state index contributed by atoms with van der Waals surface area (Å²) in [6.45, 7) is 4.02. The maximum atomic E-state index is 7.39. The highest BCUT2D eigenvalue weighted by Crippen LogP contribution is 2.32. The van der Waals surface area contributed by atoms with Crippen LogP contribution in [-0.4, -0.2) is 10.8 Å². The van der Waals surface area contributed by atoms with Crippen LogP contribution in [0, 0.1) is 19.3 Å². The van der Waals surface area contributed by atoms with Gasteiger partial charge in [0.2, 0.25) is 0 Å². The SMILES string of the molecule is Cc1csc(Sc2ccc(C(=N)N)cc2C)n1. The molecule has 0 aliphatic heterocycles. The molecule has 3 nitrogen and oxygen atoms in total.